The molecule has 4 N–H and O–H groups in total. The number of aromatic amines is 1. The lowest BCUT2D eigenvalue weighted by Gasteiger charge is -2.06. The van der Waals surface area contributed by atoms with Crippen LogP contribution in [-0.4, -0.2) is 15.9 Å². The van der Waals surface area contributed by atoms with Crippen LogP contribution in [0.4, 0.5) is 5.69 Å². The molecule has 0 saturated carbocycles. The van der Waals surface area contributed by atoms with E-state index in [0.29, 0.717) is 16.8 Å². The summed E-state index contributed by atoms with van der Waals surface area (Å²) in [7, 11) is 0. The number of carbonyl (C=O) groups excluding carboxylic acids is 1. The molecular weight excluding hydrogens is 306 g/mol. The molecule has 0 saturated heterocycles. The van der Waals surface area contributed by atoms with E-state index in [-0.39, 0.29) is 17.8 Å². The van der Waals surface area contributed by atoms with E-state index < -0.39 is 11.5 Å². The van der Waals surface area contributed by atoms with Gasteiger partial charge in [0.2, 0.25) is 0 Å². The smallest absolute Gasteiger partial charge is 0.287 e. The summed E-state index contributed by atoms with van der Waals surface area (Å²) in [6.45, 7) is 0.263. The Balaban J connectivity index is 1.85. The first-order valence-electron chi connectivity index (χ1n) is 7.13. The largest absolute Gasteiger partial charge is 0.399 e. The number of nitrogens with one attached hydrogen (secondary N) is 2. The third kappa shape index (κ3) is 3.08. The first kappa shape index (κ1) is 15.2. The molecule has 118 valence electrons. The maximum absolute atomic E-state index is 12.2. The summed E-state index contributed by atoms with van der Waals surface area (Å²) in [6.07, 6.45) is 0. The summed E-state index contributed by atoms with van der Waals surface area (Å²) in [6, 6.07) is 13.6. The zero-order chi connectivity index (χ0) is 17.1. The van der Waals surface area contributed by atoms with Crippen LogP contribution in [0.3, 0.4) is 0 Å². The highest BCUT2D eigenvalue weighted by Crippen LogP contribution is 2.10. The van der Waals surface area contributed by atoms with Crippen molar-refractivity contribution in [2.24, 2.45) is 0 Å². The minimum absolute atomic E-state index is 0.0823. The molecule has 1 aromatic heterocycles. The second-order valence-corrected chi connectivity index (χ2v) is 5.19. The molecule has 0 aliphatic carbocycles. The van der Waals surface area contributed by atoms with Crippen molar-refractivity contribution in [1.82, 2.24) is 15.3 Å². The standard InChI is InChI=1S/C17H13N5O2/c18-8-10-4-5-14-13(7-10)16(23)22-15(21-14)17(24)20-9-11-2-1-3-12(19)6-11/h1-7H,9,19H2,(H,20,24)(H,21,22,23). The van der Waals surface area contributed by atoms with E-state index in [1.54, 1.807) is 24.3 Å². The van der Waals surface area contributed by atoms with Crippen LogP contribution in [0.2, 0.25) is 0 Å². The minimum atomic E-state index is -0.499. The van der Waals surface area contributed by atoms with Crippen LogP contribution in [-0.2, 0) is 6.54 Å². The van der Waals surface area contributed by atoms with E-state index in [2.05, 4.69) is 15.3 Å². The third-order valence-electron chi connectivity index (χ3n) is 3.45. The average molecular weight is 319 g/mol. The third-order valence-corrected chi connectivity index (χ3v) is 3.45. The number of nitrogen functional groups attached to an aromatic ring is 1. The highest BCUT2D eigenvalue weighted by molar-refractivity contribution is 5.92. The molecule has 0 unspecified atom stereocenters. The van der Waals surface area contributed by atoms with Gasteiger partial charge in [-0.25, -0.2) is 4.98 Å². The number of fused-ring (bicyclic) bond motifs is 1. The number of nitrogens with zero attached hydrogens (tertiary/aromatic N) is 2. The van der Waals surface area contributed by atoms with Crippen LogP contribution in [0, 0.1) is 11.3 Å². The molecule has 2 aromatic carbocycles. The van der Waals surface area contributed by atoms with E-state index >= 15 is 0 Å². The van der Waals surface area contributed by atoms with Gasteiger partial charge in [-0.3, -0.25) is 9.59 Å². The van der Waals surface area contributed by atoms with Crippen molar-refractivity contribution in [1.29, 1.82) is 5.26 Å². The predicted molar refractivity (Wildman–Crippen MR) is 89.1 cm³/mol. The predicted octanol–water partition coefficient (Wildman–Crippen LogP) is 1.31. The molecule has 1 amide bonds. The summed E-state index contributed by atoms with van der Waals surface area (Å²) >= 11 is 0. The van der Waals surface area contributed by atoms with E-state index in [9.17, 15) is 9.59 Å². The summed E-state index contributed by atoms with van der Waals surface area (Å²) in [5.41, 5.74) is 7.37. The van der Waals surface area contributed by atoms with Crippen molar-refractivity contribution < 1.29 is 4.79 Å². The molecule has 7 heteroatoms. The Morgan fingerprint density at radius 3 is 2.88 bits per heavy atom. The normalized spacial score (nSPS) is 10.3. The lowest BCUT2D eigenvalue weighted by Crippen LogP contribution is -2.27. The van der Waals surface area contributed by atoms with Crippen molar-refractivity contribution in [3.8, 4) is 6.07 Å². The van der Waals surface area contributed by atoms with Crippen molar-refractivity contribution in [2.75, 3.05) is 5.73 Å². The first-order valence-corrected chi connectivity index (χ1v) is 7.13. The molecule has 0 bridgehead atoms. The molecule has 1 heterocycles. The van der Waals surface area contributed by atoms with Crippen LogP contribution < -0.4 is 16.6 Å². The fourth-order valence-corrected chi connectivity index (χ4v) is 2.28. The number of benzene rings is 2. The second kappa shape index (κ2) is 6.22. The lowest BCUT2D eigenvalue weighted by atomic mass is 10.1. The topological polar surface area (TPSA) is 125 Å². The van der Waals surface area contributed by atoms with Gasteiger partial charge < -0.3 is 16.0 Å². The first-order chi connectivity index (χ1) is 11.6. The van der Waals surface area contributed by atoms with Gasteiger partial charge in [-0.05, 0) is 35.9 Å². The Morgan fingerprint density at radius 2 is 2.12 bits per heavy atom. The molecule has 3 rings (SSSR count). The number of H-pyrrole nitrogens is 1. The van der Waals surface area contributed by atoms with Gasteiger partial charge in [0.05, 0.1) is 22.5 Å². The number of nitriles is 1. The number of aromatic nitrogens is 2. The quantitative estimate of drug-likeness (QED) is 0.628. The average Bonchev–Trinajstić information content (AvgIpc) is 2.59. The number of anilines is 1. The highest BCUT2D eigenvalue weighted by Gasteiger charge is 2.11. The van der Waals surface area contributed by atoms with Gasteiger partial charge >= 0.3 is 0 Å². The number of rotatable bonds is 3. The van der Waals surface area contributed by atoms with Gasteiger partial charge in [0, 0.05) is 12.2 Å². The highest BCUT2D eigenvalue weighted by atomic mass is 16.2. The zero-order valence-corrected chi connectivity index (χ0v) is 12.5. The molecule has 0 aliphatic rings. The summed E-state index contributed by atoms with van der Waals surface area (Å²) in [5, 5.41) is 11.8. The van der Waals surface area contributed by atoms with Crippen molar-refractivity contribution >= 4 is 22.5 Å². The van der Waals surface area contributed by atoms with E-state index in [1.165, 1.54) is 12.1 Å². The summed E-state index contributed by atoms with van der Waals surface area (Å²) in [4.78, 5) is 30.9. The Bertz CT molecular complexity index is 1030. The molecule has 0 spiro atoms. The number of hydrogen-bond donors (Lipinski definition) is 3. The minimum Gasteiger partial charge on any atom is -0.399 e. The van der Waals surface area contributed by atoms with Crippen LogP contribution in [0.25, 0.3) is 10.9 Å². The maximum Gasteiger partial charge on any atom is 0.287 e. The van der Waals surface area contributed by atoms with Crippen LogP contribution in [0.1, 0.15) is 21.7 Å². The van der Waals surface area contributed by atoms with Gasteiger partial charge in [-0.15, -0.1) is 0 Å². The lowest BCUT2D eigenvalue weighted by molar-refractivity contribution is 0.0940. The molecule has 0 aliphatic heterocycles. The van der Waals surface area contributed by atoms with Crippen molar-refractivity contribution in [2.45, 2.75) is 6.54 Å². The van der Waals surface area contributed by atoms with Gasteiger partial charge in [-0.1, -0.05) is 12.1 Å². The number of carbonyl (C=O) groups is 1. The molecule has 24 heavy (non-hydrogen) atoms. The molecular formula is C17H13N5O2. The number of amides is 1. The van der Waals surface area contributed by atoms with E-state index in [0.717, 1.165) is 5.56 Å². The summed E-state index contributed by atoms with van der Waals surface area (Å²) < 4.78 is 0. The number of hydrogen-bond acceptors (Lipinski definition) is 5. The Kier molecular flexibility index (Phi) is 3.95. The van der Waals surface area contributed by atoms with Gasteiger partial charge in [-0.2, -0.15) is 5.26 Å². The van der Waals surface area contributed by atoms with Gasteiger partial charge in [0.25, 0.3) is 11.5 Å². The molecule has 0 fully saturated rings. The van der Waals surface area contributed by atoms with Crippen molar-refractivity contribution in [3.63, 3.8) is 0 Å². The Morgan fingerprint density at radius 1 is 1.29 bits per heavy atom. The van der Waals surface area contributed by atoms with Crippen LogP contribution >= 0.6 is 0 Å². The molecule has 0 atom stereocenters. The van der Waals surface area contributed by atoms with E-state index in [4.69, 9.17) is 11.0 Å². The zero-order valence-electron chi connectivity index (χ0n) is 12.5. The fourth-order valence-electron chi connectivity index (χ4n) is 2.28. The molecule has 0 radical (unpaired) electrons. The number of nitrogens with two attached hydrogens (primary N) is 1. The van der Waals surface area contributed by atoms with Crippen molar-refractivity contribution in [3.05, 3.63) is 69.8 Å². The second-order valence-electron chi connectivity index (χ2n) is 5.19. The van der Waals surface area contributed by atoms with E-state index in [1.807, 2.05) is 12.1 Å². The van der Waals surface area contributed by atoms with Gasteiger partial charge in [0.1, 0.15) is 0 Å². The summed E-state index contributed by atoms with van der Waals surface area (Å²) in [5.74, 6) is -0.582. The fraction of sp³-hybridized carbons (Fsp3) is 0.0588. The molecule has 7 nitrogen and oxygen atoms in total. The SMILES string of the molecule is N#Cc1ccc2nc(C(=O)NCc3cccc(N)c3)[nH]c(=O)c2c1. The van der Waals surface area contributed by atoms with Crippen LogP contribution in [0.5, 0.6) is 0 Å². The van der Waals surface area contributed by atoms with Crippen LogP contribution in [0.15, 0.2) is 47.3 Å². The monoisotopic (exact) mass is 319 g/mol. The Labute approximate surface area is 136 Å². The molecule has 3 aromatic rings. The Hall–Kier alpha value is -3.66. The van der Waals surface area contributed by atoms with Gasteiger partial charge in [0.15, 0.2) is 5.82 Å². The maximum atomic E-state index is 12.2.